The fraction of sp³-hybridized carbons (Fsp3) is 0.538. The second-order valence-corrected chi connectivity index (χ2v) is 4.15. The summed E-state index contributed by atoms with van der Waals surface area (Å²) in [4.78, 5) is 15.7. The normalized spacial score (nSPS) is 11.7. The quantitative estimate of drug-likeness (QED) is 0.691. The molecule has 0 radical (unpaired) electrons. The van der Waals surface area contributed by atoms with Gasteiger partial charge in [-0.2, -0.15) is 0 Å². The maximum absolute atomic E-state index is 11.6. The van der Waals surface area contributed by atoms with E-state index in [0.29, 0.717) is 6.54 Å². The molecule has 1 heterocycles. The van der Waals surface area contributed by atoms with E-state index in [4.69, 9.17) is 0 Å². The molecule has 0 spiro atoms. The molecule has 0 saturated carbocycles. The Hall–Kier alpha value is -1.78. The van der Waals surface area contributed by atoms with Crippen LogP contribution in [-0.4, -0.2) is 30.0 Å². The first-order valence-corrected chi connectivity index (χ1v) is 6.40. The SMILES string of the molecule is CCCNc1cncc(NC(C)C(=O)NCC)c1. The largest absolute Gasteiger partial charge is 0.384 e. The number of aromatic nitrogens is 1. The Bertz CT molecular complexity index is 381. The Kier molecular flexibility index (Phi) is 5.97. The summed E-state index contributed by atoms with van der Waals surface area (Å²) in [5, 5.41) is 9.16. The van der Waals surface area contributed by atoms with Crippen LogP contribution in [0.4, 0.5) is 11.4 Å². The average Bonchev–Trinajstić information content (AvgIpc) is 2.37. The molecular weight excluding hydrogens is 228 g/mol. The van der Waals surface area contributed by atoms with Crippen LogP contribution in [0.1, 0.15) is 27.2 Å². The monoisotopic (exact) mass is 250 g/mol. The summed E-state index contributed by atoms with van der Waals surface area (Å²) in [5.74, 6) is -0.00980. The molecule has 1 amide bonds. The van der Waals surface area contributed by atoms with Crippen LogP contribution >= 0.6 is 0 Å². The molecule has 0 aliphatic heterocycles. The topological polar surface area (TPSA) is 66.0 Å². The van der Waals surface area contributed by atoms with Crippen molar-refractivity contribution in [2.45, 2.75) is 33.2 Å². The highest BCUT2D eigenvalue weighted by Crippen LogP contribution is 2.13. The third kappa shape index (κ3) is 4.61. The minimum absolute atomic E-state index is 0.00980. The summed E-state index contributed by atoms with van der Waals surface area (Å²) in [7, 11) is 0. The fourth-order valence-electron chi connectivity index (χ4n) is 1.53. The van der Waals surface area contributed by atoms with E-state index in [-0.39, 0.29) is 11.9 Å². The van der Waals surface area contributed by atoms with E-state index < -0.39 is 0 Å². The number of likely N-dealkylation sites (N-methyl/N-ethyl adjacent to an activating group) is 1. The number of pyridine rings is 1. The minimum Gasteiger partial charge on any atom is -0.384 e. The number of hydrogen-bond acceptors (Lipinski definition) is 4. The van der Waals surface area contributed by atoms with Gasteiger partial charge in [0.05, 0.1) is 23.8 Å². The molecular formula is C13H22N4O. The highest BCUT2D eigenvalue weighted by atomic mass is 16.2. The number of anilines is 2. The number of carbonyl (C=O) groups is 1. The highest BCUT2D eigenvalue weighted by molar-refractivity contribution is 5.84. The van der Waals surface area contributed by atoms with Gasteiger partial charge in [-0.05, 0) is 26.3 Å². The van der Waals surface area contributed by atoms with Gasteiger partial charge in [-0.25, -0.2) is 0 Å². The molecule has 0 bridgehead atoms. The van der Waals surface area contributed by atoms with Gasteiger partial charge >= 0.3 is 0 Å². The van der Waals surface area contributed by atoms with E-state index in [2.05, 4.69) is 27.9 Å². The number of nitrogens with zero attached hydrogens (tertiary/aromatic N) is 1. The van der Waals surface area contributed by atoms with Gasteiger partial charge in [0.2, 0.25) is 5.91 Å². The molecule has 0 aliphatic rings. The Balaban J connectivity index is 2.58. The maximum atomic E-state index is 11.6. The smallest absolute Gasteiger partial charge is 0.242 e. The molecule has 3 N–H and O–H groups in total. The molecule has 1 aromatic rings. The van der Waals surface area contributed by atoms with Crippen molar-refractivity contribution >= 4 is 17.3 Å². The molecule has 1 unspecified atom stereocenters. The van der Waals surface area contributed by atoms with Gasteiger partial charge in [-0.1, -0.05) is 6.92 Å². The standard InChI is InChI=1S/C13H22N4O/c1-4-6-16-11-7-12(9-14-8-11)17-10(3)13(18)15-5-2/h7-10,16-17H,4-6H2,1-3H3,(H,15,18). The Morgan fingerprint density at radius 2 is 2.06 bits per heavy atom. The Morgan fingerprint density at radius 3 is 2.72 bits per heavy atom. The van der Waals surface area contributed by atoms with Crippen LogP contribution in [0.5, 0.6) is 0 Å². The summed E-state index contributed by atoms with van der Waals surface area (Å²) in [6.07, 6.45) is 4.55. The van der Waals surface area contributed by atoms with Crippen molar-refractivity contribution in [2.24, 2.45) is 0 Å². The van der Waals surface area contributed by atoms with Crippen LogP contribution in [-0.2, 0) is 4.79 Å². The van der Waals surface area contributed by atoms with Crippen LogP contribution in [0.25, 0.3) is 0 Å². The van der Waals surface area contributed by atoms with Crippen molar-refractivity contribution in [2.75, 3.05) is 23.7 Å². The molecule has 5 heteroatoms. The van der Waals surface area contributed by atoms with Gasteiger partial charge in [-0.3, -0.25) is 9.78 Å². The van der Waals surface area contributed by atoms with E-state index in [0.717, 1.165) is 24.3 Å². The molecule has 0 fully saturated rings. The van der Waals surface area contributed by atoms with Gasteiger partial charge in [0, 0.05) is 13.1 Å². The third-order valence-electron chi connectivity index (χ3n) is 2.44. The third-order valence-corrected chi connectivity index (χ3v) is 2.44. The predicted molar refractivity (Wildman–Crippen MR) is 74.8 cm³/mol. The van der Waals surface area contributed by atoms with Gasteiger partial charge in [0.15, 0.2) is 0 Å². The van der Waals surface area contributed by atoms with Crippen molar-refractivity contribution in [1.29, 1.82) is 0 Å². The Labute approximate surface area is 108 Å². The van der Waals surface area contributed by atoms with Crippen LogP contribution < -0.4 is 16.0 Å². The predicted octanol–water partition coefficient (Wildman–Crippen LogP) is 1.84. The van der Waals surface area contributed by atoms with Crippen LogP contribution in [0, 0.1) is 0 Å². The second-order valence-electron chi connectivity index (χ2n) is 4.15. The van der Waals surface area contributed by atoms with Crippen molar-refractivity contribution in [3.8, 4) is 0 Å². The maximum Gasteiger partial charge on any atom is 0.242 e. The lowest BCUT2D eigenvalue weighted by atomic mass is 10.2. The lowest BCUT2D eigenvalue weighted by molar-refractivity contribution is -0.121. The number of carbonyl (C=O) groups excluding carboxylic acids is 1. The summed E-state index contributed by atoms with van der Waals surface area (Å²) in [6.45, 7) is 7.40. The molecule has 100 valence electrons. The lowest BCUT2D eigenvalue weighted by Crippen LogP contribution is -2.37. The summed E-state index contributed by atoms with van der Waals surface area (Å²) >= 11 is 0. The number of nitrogens with one attached hydrogen (secondary N) is 3. The molecule has 0 aliphatic carbocycles. The van der Waals surface area contributed by atoms with Gasteiger partial charge < -0.3 is 16.0 Å². The first-order valence-electron chi connectivity index (χ1n) is 6.40. The molecule has 5 nitrogen and oxygen atoms in total. The second kappa shape index (κ2) is 7.53. The van der Waals surface area contributed by atoms with E-state index >= 15 is 0 Å². The molecule has 1 aromatic heterocycles. The number of amides is 1. The van der Waals surface area contributed by atoms with Gasteiger partial charge in [0.25, 0.3) is 0 Å². The highest BCUT2D eigenvalue weighted by Gasteiger charge is 2.11. The van der Waals surface area contributed by atoms with Crippen LogP contribution in [0.2, 0.25) is 0 Å². The zero-order valence-corrected chi connectivity index (χ0v) is 11.3. The molecule has 1 atom stereocenters. The average molecular weight is 250 g/mol. The summed E-state index contributed by atoms with van der Waals surface area (Å²) in [6, 6.07) is 1.69. The number of hydrogen-bond donors (Lipinski definition) is 3. The zero-order valence-electron chi connectivity index (χ0n) is 11.3. The Morgan fingerprint density at radius 1 is 1.33 bits per heavy atom. The van der Waals surface area contributed by atoms with E-state index in [1.165, 1.54) is 0 Å². The van der Waals surface area contributed by atoms with E-state index in [9.17, 15) is 4.79 Å². The molecule has 0 saturated heterocycles. The van der Waals surface area contributed by atoms with Crippen molar-refractivity contribution < 1.29 is 4.79 Å². The van der Waals surface area contributed by atoms with Gasteiger partial charge in [-0.15, -0.1) is 0 Å². The van der Waals surface area contributed by atoms with Crippen molar-refractivity contribution in [3.05, 3.63) is 18.5 Å². The molecule has 0 aromatic carbocycles. The summed E-state index contributed by atoms with van der Waals surface area (Å²) in [5.41, 5.74) is 1.81. The summed E-state index contributed by atoms with van der Waals surface area (Å²) < 4.78 is 0. The van der Waals surface area contributed by atoms with Crippen LogP contribution in [0.15, 0.2) is 18.5 Å². The van der Waals surface area contributed by atoms with Crippen molar-refractivity contribution in [3.63, 3.8) is 0 Å². The van der Waals surface area contributed by atoms with Crippen LogP contribution in [0.3, 0.4) is 0 Å². The van der Waals surface area contributed by atoms with E-state index in [1.807, 2.05) is 19.9 Å². The first-order chi connectivity index (χ1) is 8.67. The fourth-order valence-corrected chi connectivity index (χ4v) is 1.53. The zero-order chi connectivity index (χ0) is 13.4. The molecule has 1 rings (SSSR count). The van der Waals surface area contributed by atoms with Crippen molar-refractivity contribution in [1.82, 2.24) is 10.3 Å². The molecule has 18 heavy (non-hydrogen) atoms. The number of rotatable bonds is 7. The van der Waals surface area contributed by atoms with E-state index in [1.54, 1.807) is 12.4 Å². The lowest BCUT2D eigenvalue weighted by Gasteiger charge is -2.15. The minimum atomic E-state index is -0.270. The van der Waals surface area contributed by atoms with Gasteiger partial charge in [0.1, 0.15) is 6.04 Å². The first kappa shape index (κ1) is 14.3.